The minimum absolute atomic E-state index is 0.139. The summed E-state index contributed by atoms with van der Waals surface area (Å²) < 4.78 is 0. The number of aliphatic hydroxyl groups excluding tert-OH is 1. The molecular weight excluding hydrogens is 316 g/mol. The van der Waals surface area contributed by atoms with E-state index in [-0.39, 0.29) is 23.2 Å². The van der Waals surface area contributed by atoms with Gasteiger partial charge in [0.1, 0.15) is 0 Å². The summed E-state index contributed by atoms with van der Waals surface area (Å²) in [6.45, 7) is 9.78. The Hall–Kier alpha value is -1.39. The molecule has 0 bridgehead atoms. The van der Waals surface area contributed by atoms with Gasteiger partial charge in [-0.1, -0.05) is 19.9 Å². The highest BCUT2D eigenvalue weighted by Gasteiger charge is 2.57. The van der Waals surface area contributed by atoms with E-state index in [4.69, 9.17) is 0 Å². The number of aryl methyl sites for hydroxylation is 1. The highest BCUT2D eigenvalue weighted by molar-refractivity contribution is 5.89. The van der Waals surface area contributed by atoms with Gasteiger partial charge in [0.25, 0.3) is 0 Å². The van der Waals surface area contributed by atoms with Gasteiger partial charge in [-0.2, -0.15) is 0 Å². The number of hydrogen-bond donors (Lipinski definition) is 3. The molecule has 0 aliphatic heterocycles. The lowest BCUT2D eigenvalue weighted by molar-refractivity contribution is -0.0786. The van der Waals surface area contributed by atoms with Gasteiger partial charge < -0.3 is 15.3 Å². The molecule has 3 N–H and O–H groups in total. The lowest BCUT2D eigenvalue weighted by Crippen LogP contribution is -2.45. The number of aromatic carboxylic acids is 1. The molecule has 1 saturated carbocycles. The summed E-state index contributed by atoms with van der Waals surface area (Å²) in [5.74, 6) is -0.668. The molecule has 0 amide bonds. The maximum Gasteiger partial charge on any atom is 0.335 e. The summed E-state index contributed by atoms with van der Waals surface area (Å²) in [6, 6.07) is 3.86. The molecule has 0 saturated heterocycles. The molecule has 2 aliphatic carbocycles. The lowest BCUT2D eigenvalue weighted by Gasteiger charge is -2.43. The minimum Gasteiger partial charge on any atom is -0.478 e. The van der Waals surface area contributed by atoms with Crippen LogP contribution in [0.2, 0.25) is 0 Å². The van der Waals surface area contributed by atoms with Crippen molar-refractivity contribution in [3.63, 3.8) is 0 Å². The Morgan fingerprint density at radius 1 is 1.28 bits per heavy atom. The number of carbonyl (C=O) groups is 1. The summed E-state index contributed by atoms with van der Waals surface area (Å²) in [4.78, 5) is 11.6. The Balaban J connectivity index is 2.19. The van der Waals surface area contributed by atoms with Gasteiger partial charge >= 0.3 is 5.97 Å². The third-order valence-corrected chi connectivity index (χ3v) is 6.81. The fourth-order valence-corrected chi connectivity index (χ4v) is 5.78. The monoisotopic (exact) mass is 346 g/mol. The first-order chi connectivity index (χ1) is 11.5. The second kappa shape index (κ2) is 5.82. The van der Waals surface area contributed by atoms with Gasteiger partial charge in [0.05, 0.1) is 17.3 Å². The molecule has 1 aromatic rings. The highest BCUT2D eigenvalue weighted by atomic mass is 16.4. The quantitative estimate of drug-likeness (QED) is 0.760. The van der Waals surface area contributed by atoms with Gasteiger partial charge in [-0.15, -0.1) is 0 Å². The van der Waals surface area contributed by atoms with Crippen LogP contribution in [0.1, 0.15) is 85.8 Å². The van der Waals surface area contributed by atoms with Gasteiger partial charge in [-0.05, 0) is 80.0 Å². The largest absolute Gasteiger partial charge is 0.478 e. The normalized spacial score (nSPS) is 35.0. The molecule has 0 aromatic heterocycles. The van der Waals surface area contributed by atoms with Gasteiger partial charge in [0, 0.05) is 5.92 Å². The number of hydrogen-bond acceptors (Lipinski definition) is 3. The fourth-order valence-electron chi connectivity index (χ4n) is 5.78. The molecule has 5 atom stereocenters. The van der Waals surface area contributed by atoms with E-state index in [0.717, 1.165) is 24.0 Å². The minimum atomic E-state index is -0.952. The fraction of sp³-hybridized carbons (Fsp3) is 0.667. The van der Waals surface area contributed by atoms with Crippen molar-refractivity contribution in [2.75, 3.05) is 0 Å². The first-order valence-corrected chi connectivity index (χ1v) is 9.25. The van der Waals surface area contributed by atoms with E-state index >= 15 is 0 Å². The zero-order valence-electron chi connectivity index (χ0n) is 15.8. The number of benzene rings is 1. The molecule has 25 heavy (non-hydrogen) atoms. The second-order valence-corrected chi connectivity index (χ2v) is 9.03. The SMILES string of the molecule is Cc1cc2c(cc1C(=O)O)[C@H](C)CC[C@]1(C)[C@H]2C[C@@H](O)[C@H]1C(C)(C)O. The third-order valence-electron chi connectivity index (χ3n) is 6.81. The van der Waals surface area contributed by atoms with Crippen molar-refractivity contribution in [3.05, 3.63) is 34.4 Å². The molecule has 3 rings (SSSR count). The van der Waals surface area contributed by atoms with Crippen LogP contribution in [0.3, 0.4) is 0 Å². The number of rotatable bonds is 2. The van der Waals surface area contributed by atoms with E-state index in [9.17, 15) is 20.1 Å². The Bertz CT molecular complexity index is 703. The Morgan fingerprint density at radius 2 is 1.92 bits per heavy atom. The molecule has 0 radical (unpaired) electrons. The Labute approximate surface area is 149 Å². The third kappa shape index (κ3) is 2.80. The van der Waals surface area contributed by atoms with Crippen molar-refractivity contribution in [1.82, 2.24) is 0 Å². The molecule has 4 heteroatoms. The first kappa shape index (κ1) is 18.4. The molecule has 0 unspecified atom stereocenters. The van der Waals surface area contributed by atoms with Crippen molar-refractivity contribution in [1.29, 1.82) is 0 Å². The van der Waals surface area contributed by atoms with E-state index in [1.54, 1.807) is 13.8 Å². The Kier molecular flexibility index (Phi) is 4.28. The molecular formula is C21H30O4. The Morgan fingerprint density at radius 3 is 2.48 bits per heavy atom. The summed E-state index contributed by atoms with van der Waals surface area (Å²) in [5, 5.41) is 31.0. The van der Waals surface area contributed by atoms with Crippen LogP contribution in [0.4, 0.5) is 0 Å². The number of aliphatic hydroxyl groups is 2. The van der Waals surface area contributed by atoms with Crippen LogP contribution in [-0.4, -0.2) is 33.0 Å². The number of carboxylic acids is 1. The summed E-state index contributed by atoms with van der Waals surface area (Å²) in [7, 11) is 0. The average Bonchev–Trinajstić information content (AvgIpc) is 2.70. The van der Waals surface area contributed by atoms with E-state index in [1.165, 1.54) is 5.56 Å². The van der Waals surface area contributed by atoms with E-state index in [0.29, 0.717) is 12.0 Å². The topological polar surface area (TPSA) is 77.8 Å². The van der Waals surface area contributed by atoms with Crippen LogP contribution in [0.15, 0.2) is 12.1 Å². The summed E-state index contributed by atoms with van der Waals surface area (Å²) >= 11 is 0. The molecule has 0 heterocycles. The molecule has 138 valence electrons. The van der Waals surface area contributed by atoms with Gasteiger partial charge in [0.2, 0.25) is 0 Å². The maximum absolute atomic E-state index is 11.6. The van der Waals surface area contributed by atoms with Crippen molar-refractivity contribution < 1.29 is 20.1 Å². The van der Waals surface area contributed by atoms with E-state index in [2.05, 4.69) is 13.8 Å². The van der Waals surface area contributed by atoms with Crippen molar-refractivity contribution in [3.8, 4) is 0 Å². The van der Waals surface area contributed by atoms with Gasteiger partial charge in [0.15, 0.2) is 0 Å². The van der Waals surface area contributed by atoms with E-state index in [1.807, 2.05) is 19.1 Å². The van der Waals surface area contributed by atoms with Gasteiger partial charge in [-0.3, -0.25) is 0 Å². The van der Waals surface area contributed by atoms with Crippen LogP contribution in [0.25, 0.3) is 0 Å². The number of carboxylic acid groups (broad SMARTS) is 1. The molecule has 0 spiro atoms. The average molecular weight is 346 g/mol. The predicted octanol–water partition coefficient (Wildman–Crippen LogP) is 3.83. The van der Waals surface area contributed by atoms with Crippen LogP contribution in [0.5, 0.6) is 0 Å². The molecule has 1 aromatic carbocycles. The van der Waals surface area contributed by atoms with Gasteiger partial charge in [-0.25, -0.2) is 4.79 Å². The highest BCUT2D eigenvalue weighted by Crippen LogP contribution is 2.61. The predicted molar refractivity (Wildman–Crippen MR) is 97.0 cm³/mol. The smallest absolute Gasteiger partial charge is 0.335 e. The first-order valence-electron chi connectivity index (χ1n) is 9.25. The van der Waals surface area contributed by atoms with Crippen LogP contribution < -0.4 is 0 Å². The summed E-state index contributed by atoms with van der Waals surface area (Å²) in [5.41, 5.74) is 2.25. The zero-order valence-corrected chi connectivity index (χ0v) is 15.8. The standard InChI is InChI=1S/C21H30O4/c1-11-6-7-21(5)16(10-17(22)18(21)20(3,4)25)15-8-12(2)14(19(23)24)9-13(11)15/h8-9,11,16-18,22,25H,6-7,10H2,1-5H3,(H,23,24)/t11-,16+,17-,18+,21-/m1/s1. The molecule has 2 aliphatic rings. The number of fused-ring (bicyclic) bond motifs is 3. The summed E-state index contributed by atoms with van der Waals surface area (Å²) in [6.07, 6.45) is 1.93. The van der Waals surface area contributed by atoms with Crippen LogP contribution >= 0.6 is 0 Å². The lowest BCUT2D eigenvalue weighted by atomic mass is 9.64. The zero-order chi connectivity index (χ0) is 18.7. The van der Waals surface area contributed by atoms with E-state index < -0.39 is 17.7 Å². The van der Waals surface area contributed by atoms with Crippen LogP contribution in [0, 0.1) is 18.3 Å². The van der Waals surface area contributed by atoms with Crippen molar-refractivity contribution >= 4 is 5.97 Å². The van der Waals surface area contributed by atoms with Crippen molar-refractivity contribution in [2.24, 2.45) is 11.3 Å². The van der Waals surface area contributed by atoms with Crippen LogP contribution in [-0.2, 0) is 0 Å². The maximum atomic E-state index is 11.6. The molecule has 4 nitrogen and oxygen atoms in total. The van der Waals surface area contributed by atoms with Crippen molar-refractivity contribution in [2.45, 2.75) is 77.4 Å². The second-order valence-electron chi connectivity index (χ2n) is 9.03. The molecule has 1 fully saturated rings.